The smallest absolute Gasteiger partial charge is 0.314 e. The second-order valence-electron chi connectivity index (χ2n) is 12.3. The van der Waals surface area contributed by atoms with E-state index in [4.69, 9.17) is 19.3 Å². The van der Waals surface area contributed by atoms with Crippen molar-refractivity contribution < 1.29 is 28.9 Å². The van der Waals surface area contributed by atoms with Crippen LogP contribution in [0.15, 0.2) is 48.5 Å². The van der Waals surface area contributed by atoms with Crippen molar-refractivity contribution in [3.63, 3.8) is 0 Å². The zero-order valence-corrected chi connectivity index (χ0v) is 25.0. The van der Waals surface area contributed by atoms with Gasteiger partial charge in [-0.2, -0.15) is 11.8 Å². The van der Waals surface area contributed by atoms with Gasteiger partial charge in [0, 0.05) is 11.0 Å². The van der Waals surface area contributed by atoms with Crippen LogP contribution in [-0.4, -0.2) is 63.8 Å². The maximum absolute atomic E-state index is 12.8. The summed E-state index contributed by atoms with van der Waals surface area (Å²) in [6.07, 6.45) is 4.58. The number of carbonyl (C=O) groups is 2. The average Bonchev–Trinajstić information content (AvgIpc) is 3.90. The molecule has 3 unspecified atom stereocenters. The number of rotatable bonds is 14. The summed E-state index contributed by atoms with van der Waals surface area (Å²) in [7, 11) is -1.02. The maximum Gasteiger partial charge on any atom is 0.314 e. The van der Waals surface area contributed by atoms with E-state index in [1.165, 1.54) is 11.3 Å². The summed E-state index contributed by atoms with van der Waals surface area (Å²) in [5.74, 6) is 6.19. The summed E-state index contributed by atoms with van der Waals surface area (Å²) in [6, 6.07) is 15.1. The van der Waals surface area contributed by atoms with Crippen LogP contribution >= 0.6 is 20.9 Å². The highest BCUT2D eigenvalue weighted by atomic mass is 32.3. The Bertz CT molecular complexity index is 1200. The minimum Gasteiger partial charge on any atom is -0.493 e. The van der Waals surface area contributed by atoms with E-state index in [2.05, 4.69) is 6.92 Å². The Labute approximate surface area is 241 Å². The molecular formula is C32H42O6S2. The van der Waals surface area contributed by atoms with Crippen LogP contribution in [0.25, 0.3) is 0 Å². The Hall–Kier alpha value is -2.16. The summed E-state index contributed by atoms with van der Waals surface area (Å²) in [6.45, 7) is 3.15. The molecule has 3 saturated heterocycles. The fourth-order valence-electron chi connectivity index (χ4n) is 7.00. The summed E-state index contributed by atoms with van der Waals surface area (Å²) < 4.78 is 17.3. The van der Waals surface area contributed by atoms with E-state index < -0.39 is 9.16 Å². The number of aliphatic hydroxyl groups is 1. The average molecular weight is 587 g/mol. The molecule has 1 saturated carbocycles. The lowest BCUT2D eigenvalue weighted by atomic mass is 9.82. The molecule has 3 heterocycles. The zero-order valence-electron chi connectivity index (χ0n) is 23.3. The molecular weight excluding hydrogens is 544 g/mol. The van der Waals surface area contributed by atoms with E-state index in [0.29, 0.717) is 48.2 Å². The van der Waals surface area contributed by atoms with Crippen LogP contribution in [-0.2, 0) is 9.59 Å². The van der Waals surface area contributed by atoms with Gasteiger partial charge in [0.25, 0.3) is 0 Å². The molecule has 218 valence electrons. The zero-order chi connectivity index (χ0) is 27.8. The molecule has 0 amide bonds. The van der Waals surface area contributed by atoms with Crippen molar-refractivity contribution in [1.29, 1.82) is 0 Å². The number of hydrogen-bond acceptors (Lipinski definition) is 7. The number of thiol groups is 1. The molecule has 6 rings (SSSR count). The van der Waals surface area contributed by atoms with Crippen LogP contribution in [0.5, 0.6) is 17.2 Å². The van der Waals surface area contributed by atoms with Crippen LogP contribution in [0.2, 0.25) is 0 Å². The first-order valence-electron chi connectivity index (χ1n) is 14.9. The summed E-state index contributed by atoms with van der Waals surface area (Å²) in [5, 5.41) is 11.8. The normalized spacial score (nSPS) is 28.0. The summed E-state index contributed by atoms with van der Waals surface area (Å²) >= 11 is 1.75. The standard InChI is InChI=1S/C32H42O6S2/c1-2-3-28(39-18-16-33)22-8-10-26(11-9-22)37-31(34)23-4-6-24(7-5-23)32(35)38-27-14-12-25(13-15-27)36-17-19-40-20-29(40)30(40)21-40/h8-15,23-24,28-30,33,40H,2-7,16-21H2,1H3/t23-,24-,28?,29?,30?. The Balaban J connectivity index is 0.913. The molecule has 0 bridgehead atoms. The van der Waals surface area contributed by atoms with Gasteiger partial charge in [0.05, 0.1) is 25.0 Å². The molecule has 4 aliphatic rings. The highest BCUT2D eigenvalue weighted by Crippen LogP contribution is 3.18. The Kier molecular flexibility index (Phi) is 7.87. The molecule has 40 heavy (non-hydrogen) atoms. The first kappa shape index (κ1) is 28.0. The molecule has 2 aromatic carbocycles. The van der Waals surface area contributed by atoms with Crippen molar-refractivity contribution >= 4 is 32.9 Å². The lowest BCUT2D eigenvalue weighted by Crippen LogP contribution is -2.30. The monoisotopic (exact) mass is 586 g/mol. The van der Waals surface area contributed by atoms with Crippen LogP contribution < -0.4 is 14.2 Å². The number of carbonyl (C=O) groups excluding carboxylic acids is 2. The second-order valence-corrected chi connectivity index (χ2v) is 19.9. The summed E-state index contributed by atoms with van der Waals surface area (Å²) in [4.78, 5) is 25.6. The molecule has 8 heteroatoms. The second kappa shape index (κ2) is 11.3. The van der Waals surface area contributed by atoms with Crippen LogP contribution in [0.3, 0.4) is 0 Å². The quantitative estimate of drug-likeness (QED) is 0.125. The molecule has 3 aliphatic heterocycles. The predicted molar refractivity (Wildman–Crippen MR) is 163 cm³/mol. The summed E-state index contributed by atoms with van der Waals surface area (Å²) in [5.41, 5.74) is 1.18. The first-order chi connectivity index (χ1) is 19.4. The van der Waals surface area contributed by atoms with Gasteiger partial charge in [0.1, 0.15) is 17.2 Å². The molecule has 1 N–H and O–H groups in total. The van der Waals surface area contributed by atoms with Crippen molar-refractivity contribution in [3.05, 3.63) is 54.1 Å². The number of aliphatic hydroxyl groups excluding tert-OH is 1. The van der Waals surface area contributed by atoms with E-state index in [1.807, 2.05) is 48.5 Å². The fraction of sp³-hybridized carbons (Fsp3) is 0.562. The third-order valence-corrected chi connectivity index (χ3v) is 18.7. The lowest BCUT2D eigenvalue weighted by molar-refractivity contribution is -0.145. The van der Waals surface area contributed by atoms with Gasteiger partial charge < -0.3 is 19.3 Å². The largest absolute Gasteiger partial charge is 0.493 e. The van der Waals surface area contributed by atoms with Crippen LogP contribution in [0, 0.1) is 11.8 Å². The lowest BCUT2D eigenvalue weighted by Gasteiger charge is -2.26. The van der Waals surface area contributed by atoms with Gasteiger partial charge in [-0.15, -0.1) is 0 Å². The molecule has 4 fully saturated rings. The highest BCUT2D eigenvalue weighted by molar-refractivity contribution is 8.68. The number of esters is 2. The number of hydrogen-bond donors (Lipinski definition) is 2. The van der Waals surface area contributed by atoms with Crippen molar-refractivity contribution in [3.8, 4) is 17.2 Å². The van der Waals surface area contributed by atoms with E-state index in [1.54, 1.807) is 23.3 Å². The van der Waals surface area contributed by atoms with Crippen molar-refractivity contribution in [2.45, 2.75) is 61.2 Å². The number of fused-ring (bicyclic) bond motifs is 1. The van der Waals surface area contributed by atoms with Crippen molar-refractivity contribution in [2.24, 2.45) is 11.8 Å². The predicted octanol–water partition coefficient (Wildman–Crippen LogP) is 5.80. The van der Waals surface area contributed by atoms with Gasteiger partial charge in [-0.3, -0.25) is 18.8 Å². The minimum absolute atomic E-state index is 0.172. The van der Waals surface area contributed by atoms with Gasteiger partial charge in [-0.25, -0.2) is 0 Å². The third-order valence-electron chi connectivity index (χ3n) is 9.99. The van der Waals surface area contributed by atoms with E-state index in [-0.39, 0.29) is 30.4 Å². The molecule has 3 atom stereocenters. The third kappa shape index (κ3) is 5.51. The van der Waals surface area contributed by atoms with E-state index in [0.717, 1.165) is 35.7 Å². The van der Waals surface area contributed by atoms with Crippen LogP contribution in [0.4, 0.5) is 0 Å². The molecule has 2 aromatic rings. The number of thioether (sulfide) groups is 1. The molecule has 0 aromatic heterocycles. The first-order valence-corrected chi connectivity index (χ1v) is 18.9. The van der Waals surface area contributed by atoms with E-state index >= 15 is 0 Å². The van der Waals surface area contributed by atoms with Gasteiger partial charge >= 0.3 is 11.9 Å². The maximum atomic E-state index is 12.8. The number of benzene rings is 2. The minimum atomic E-state index is -1.02. The molecule has 1 aliphatic carbocycles. The number of ether oxygens (including phenoxy) is 3. The van der Waals surface area contributed by atoms with Gasteiger partial charge in [0.15, 0.2) is 0 Å². The molecule has 6 nitrogen and oxygen atoms in total. The van der Waals surface area contributed by atoms with Gasteiger partial charge in [0.2, 0.25) is 0 Å². The fourth-order valence-corrected chi connectivity index (χ4v) is 16.5. The molecule has 0 radical (unpaired) electrons. The Morgan fingerprint density at radius 1 is 0.875 bits per heavy atom. The van der Waals surface area contributed by atoms with Gasteiger partial charge in [-0.1, -0.05) is 25.5 Å². The van der Waals surface area contributed by atoms with Gasteiger partial charge in [-0.05, 0) is 102 Å². The molecule has 1 spiro atoms. The highest BCUT2D eigenvalue weighted by Gasteiger charge is 2.97. The van der Waals surface area contributed by atoms with Crippen LogP contribution in [0.1, 0.15) is 56.3 Å². The Morgan fingerprint density at radius 2 is 1.40 bits per heavy atom. The Morgan fingerprint density at radius 3 is 1.88 bits per heavy atom. The SMILES string of the molecule is CCCC(SCCO)c1ccc(OC(=O)[C@H]2CC[C@H](C(=O)Oc3ccc(OCC[SH]456CC4C5C6)cc3)CC2)cc1. The van der Waals surface area contributed by atoms with E-state index in [9.17, 15) is 9.59 Å². The topological polar surface area (TPSA) is 82.1 Å². The van der Waals surface area contributed by atoms with Crippen molar-refractivity contribution in [2.75, 3.05) is 36.2 Å². The van der Waals surface area contributed by atoms with Crippen molar-refractivity contribution in [1.82, 2.24) is 0 Å².